The SMILES string of the molecule is Cc1nccc(Sc2nn[nH]n2)n1. The van der Waals surface area contributed by atoms with Crippen LogP contribution in [0.4, 0.5) is 0 Å². The number of H-pyrrole nitrogens is 1. The van der Waals surface area contributed by atoms with Crippen molar-refractivity contribution < 1.29 is 0 Å². The van der Waals surface area contributed by atoms with E-state index in [1.54, 1.807) is 12.3 Å². The summed E-state index contributed by atoms with van der Waals surface area (Å²) in [5, 5.41) is 14.8. The zero-order valence-corrected chi connectivity index (χ0v) is 7.62. The molecule has 2 heterocycles. The second-order valence-electron chi connectivity index (χ2n) is 2.24. The maximum Gasteiger partial charge on any atom is 0.237 e. The molecule has 2 aromatic heterocycles. The van der Waals surface area contributed by atoms with Crippen LogP contribution in [0.5, 0.6) is 0 Å². The smallest absolute Gasteiger partial charge is 0.237 e. The van der Waals surface area contributed by atoms with Gasteiger partial charge in [-0.15, -0.1) is 10.2 Å². The zero-order valence-electron chi connectivity index (χ0n) is 6.80. The third-order valence-corrected chi connectivity index (χ3v) is 2.06. The number of tetrazole rings is 1. The van der Waals surface area contributed by atoms with Crippen LogP contribution < -0.4 is 0 Å². The van der Waals surface area contributed by atoms with E-state index in [9.17, 15) is 0 Å². The first-order valence-electron chi connectivity index (χ1n) is 3.55. The fourth-order valence-electron chi connectivity index (χ4n) is 0.781. The molecule has 66 valence electrons. The number of aryl methyl sites for hydroxylation is 1. The Morgan fingerprint density at radius 2 is 2.38 bits per heavy atom. The number of rotatable bonds is 2. The van der Waals surface area contributed by atoms with E-state index in [4.69, 9.17) is 0 Å². The van der Waals surface area contributed by atoms with Crippen LogP contribution in [0, 0.1) is 6.92 Å². The Labute approximate surface area is 78.2 Å². The number of hydrogen-bond donors (Lipinski definition) is 1. The van der Waals surface area contributed by atoms with Crippen molar-refractivity contribution in [3.63, 3.8) is 0 Å². The normalized spacial score (nSPS) is 10.2. The second kappa shape index (κ2) is 3.48. The lowest BCUT2D eigenvalue weighted by atomic mass is 10.6. The van der Waals surface area contributed by atoms with Crippen LogP contribution in [-0.2, 0) is 0 Å². The molecule has 6 nitrogen and oxygen atoms in total. The fraction of sp³-hybridized carbons (Fsp3) is 0.167. The Hall–Kier alpha value is -1.50. The van der Waals surface area contributed by atoms with Crippen molar-refractivity contribution >= 4 is 11.8 Å². The lowest BCUT2D eigenvalue weighted by molar-refractivity contribution is 0.881. The summed E-state index contributed by atoms with van der Waals surface area (Å²) in [7, 11) is 0. The molecule has 0 aliphatic carbocycles. The topological polar surface area (TPSA) is 80.2 Å². The van der Waals surface area contributed by atoms with Gasteiger partial charge in [0, 0.05) is 6.20 Å². The molecule has 0 aromatic carbocycles. The van der Waals surface area contributed by atoms with Crippen molar-refractivity contribution in [1.82, 2.24) is 30.6 Å². The van der Waals surface area contributed by atoms with Gasteiger partial charge in [-0.05, 0) is 30.0 Å². The van der Waals surface area contributed by atoms with Crippen molar-refractivity contribution in [2.75, 3.05) is 0 Å². The Balaban J connectivity index is 2.19. The average Bonchev–Trinajstić information content (AvgIpc) is 2.57. The molecule has 0 unspecified atom stereocenters. The summed E-state index contributed by atoms with van der Waals surface area (Å²) < 4.78 is 0. The van der Waals surface area contributed by atoms with E-state index in [0.29, 0.717) is 5.16 Å². The van der Waals surface area contributed by atoms with Gasteiger partial charge in [0.15, 0.2) is 0 Å². The first-order valence-corrected chi connectivity index (χ1v) is 4.37. The van der Waals surface area contributed by atoms with Crippen LogP contribution in [0.2, 0.25) is 0 Å². The summed E-state index contributed by atoms with van der Waals surface area (Å²) in [5.41, 5.74) is 0. The highest BCUT2D eigenvalue weighted by Crippen LogP contribution is 2.20. The van der Waals surface area contributed by atoms with Crippen LogP contribution in [0.1, 0.15) is 5.82 Å². The van der Waals surface area contributed by atoms with E-state index >= 15 is 0 Å². The molecule has 0 spiro atoms. The summed E-state index contributed by atoms with van der Waals surface area (Å²) >= 11 is 1.34. The van der Waals surface area contributed by atoms with Gasteiger partial charge in [-0.3, -0.25) is 0 Å². The summed E-state index contributed by atoms with van der Waals surface area (Å²) in [5.74, 6) is 0.730. The minimum absolute atomic E-state index is 0.554. The lowest BCUT2D eigenvalue weighted by Gasteiger charge is -1.95. The highest BCUT2D eigenvalue weighted by molar-refractivity contribution is 7.99. The van der Waals surface area contributed by atoms with E-state index in [2.05, 4.69) is 30.6 Å². The molecular formula is C6H6N6S. The maximum atomic E-state index is 4.18. The molecule has 0 aliphatic heterocycles. The number of nitrogens with zero attached hydrogens (tertiary/aromatic N) is 5. The van der Waals surface area contributed by atoms with Gasteiger partial charge in [0.2, 0.25) is 5.16 Å². The molecule has 1 N–H and O–H groups in total. The van der Waals surface area contributed by atoms with Crippen molar-refractivity contribution in [3.8, 4) is 0 Å². The molecule has 0 atom stereocenters. The van der Waals surface area contributed by atoms with E-state index in [1.807, 2.05) is 6.92 Å². The van der Waals surface area contributed by atoms with Gasteiger partial charge in [0.25, 0.3) is 0 Å². The molecule has 2 aromatic rings. The highest BCUT2D eigenvalue weighted by Gasteiger charge is 2.02. The van der Waals surface area contributed by atoms with Crippen LogP contribution in [0.3, 0.4) is 0 Å². The number of hydrogen-bond acceptors (Lipinski definition) is 6. The molecular weight excluding hydrogens is 188 g/mol. The molecule has 0 saturated carbocycles. The van der Waals surface area contributed by atoms with Crippen molar-refractivity contribution in [2.24, 2.45) is 0 Å². The second-order valence-corrected chi connectivity index (χ2v) is 3.23. The van der Waals surface area contributed by atoms with Gasteiger partial charge in [0.1, 0.15) is 10.9 Å². The Morgan fingerprint density at radius 1 is 1.46 bits per heavy atom. The largest absolute Gasteiger partial charge is 0.242 e. The predicted octanol–water partition coefficient (Wildman–Crippen LogP) is 0.449. The fourth-order valence-corrected chi connectivity index (χ4v) is 1.44. The zero-order chi connectivity index (χ0) is 9.10. The number of aromatic amines is 1. The van der Waals surface area contributed by atoms with Gasteiger partial charge < -0.3 is 0 Å². The van der Waals surface area contributed by atoms with E-state index in [0.717, 1.165) is 10.9 Å². The summed E-state index contributed by atoms with van der Waals surface area (Å²) in [6.45, 7) is 1.83. The Kier molecular flexibility index (Phi) is 2.17. The minimum atomic E-state index is 0.554. The van der Waals surface area contributed by atoms with Crippen LogP contribution in [0.15, 0.2) is 22.4 Å². The average molecular weight is 194 g/mol. The molecule has 0 bridgehead atoms. The molecule has 13 heavy (non-hydrogen) atoms. The lowest BCUT2D eigenvalue weighted by Crippen LogP contribution is -1.88. The van der Waals surface area contributed by atoms with Crippen LogP contribution >= 0.6 is 11.8 Å². The highest BCUT2D eigenvalue weighted by atomic mass is 32.2. The standard InChI is InChI=1S/C6H6N6S/c1-4-7-3-2-5(8-4)13-6-9-11-12-10-6/h2-3H,1H3,(H,9,10,11,12). The quantitative estimate of drug-likeness (QED) is 0.699. The Morgan fingerprint density at radius 3 is 3.08 bits per heavy atom. The molecule has 0 radical (unpaired) electrons. The van der Waals surface area contributed by atoms with Gasteiger partial charge in [0.05, 0.1) is 0 Å². The molecule has 0 saturated heterocycles. The first-order chi connectivity index (χ1) is 6.34. The van der Waals surface area contributed by atoms with Crippen molar-refractivity contribution in [1.29, 1.82) is 0 Å². The summed E-state index contributed by atoms with van der Waals surface area (Å²) in [6, 6.07) is 1.80. The molecule has 0 fully saturated rings. The monoisotopic (exact) mass is 194 g/mol. The van der Waals surface area contributed by atoms with Gasteiger partial charge >= 0.3 is 0 Å². The Bertz CT molecular complexity index is 386. The van der Waals surface area contributed by atoms with E-state index in [-0.39, 0.29) is 0 Å². The number of aromatic nitrogens is 6. The summed E-state index contributed by atoms with van der Waals surface area (Å²) in [4.78, 5) is 8.16. The van der Waals surface area contributed by atoms with E-state index < -0.39 is 0 Å². The minimum Gasteiger partial charge on any atom is -0.242 e. The molecule has 0 amide bonds. The predicted molar refractivity (Wildman–Crippen MR) is 45.1 cm³/mol. The van der Waals surface area contributed by atoms with Gasteiger partial charge in [-0.25, -0.2) is 9.97 Å². The van der Waals surface area contributed by atoms with Gasteiger partial charge in [-0.1, -0.05) is 0 Å². The van der Waals surface area contributed by atoms with E-state index in [1.165, 1.54) is 11.8 Å². The number of nitrogens with one attached hydrogen (secondary N) is 1. The van der Waals surface area contributed by atoms with Crippen molar-refractivity contribution in [2.45, 2.75) is 17.1 Å². The molecule has 7 heteroatoms. The summed E-state index contributed by atoms with van der Waals surface area (Å²) in [6.07, 6.45) is 1.70. The third-order valence-electron chi connectivity index (χ3n) is 1.27. The van der Waals surface area contributed by atoms with Crippen LogP contribution in [-0.4, -0.2) is 30.6 Å². The molecule has 0 aliphatic rings. The third kappa shape index (κ3) is 2.00. The maximum absolute atomic E-state index is 4.18. The molecule has 2 rings (SSSR count). The van der Waals surface area contributed by atoms with Crippen LogP contribution in [0.25, 0.3) is 0 Å². The first kappa shape index (κ1) is 8.11. The van der Waals surface area contributed by atoms with Gasteiger partial charge in [-0.2, -0.15) is 5.21 Å². The van der Waals surface area contributed by atoms with Crippen molar-refractivity contribution in [3.05, 3.63) is 18.1 Å².